The molecule has 1 fully saturated rings. The van der Waals surface area contributed by atoms with Gasteiger partial charge in [0.2, 0.25) is 0 Å². The first-order chi connectivity index (χ1) is 10.1. The molecule has 0 aromatic carbocycles. The minimum absolute atomic E-state index is 0.0944. The smallest absolute Gasteiger partial charge is 0.261 e. The van der Waals surface area contributed by atoms with Gasteiger partial charge < -0.3 is 10.2 Å². The van der Waals surface area contributed by atoms with Crippen LogP contribution < -0.4 is 5.32 Å². The van der Waals surface area contributed by atoms with Gasteiger partial charge in [-0.15, -0.1) is 11.3 Å². The molecule has 2 heterocycles. The number of thiophene rings is 1. The number of amides is 1. The van der Waals surface area contributed by atoms with E-state index < -0.39 is 0 Å². The van der Waals surface area contributed by atoms with E-state index >= 15 is 0 Å². The minimum Gasteiger partial charge on any atom is -0.349 e. The van der Waals surface area contributed by atoms with E-state index in [1.165, 1.54) is 17.8 Å². The van der Waals surface area contributed by atoms with Gasteiger partial charge in [-0.05, 0) is 54.2 Å². The Kier molecular flexibility index (Phi) is 6.71. The maximum absolute atomic E-state index is 12.4. The summed E-state index contributed by atoms with van der Waals surface area (Å²) in [6.45, 7) is 7.77. The first-order valence-corrected chi connectivity index (χ1v) is 9.56. The van der Waals surface area contributed by atoms with Gasteiger partial charge in [-0.2, -0.15) is 0 Å². The standard InChI is InChI=1S/C16H25BrN2OS/c1-3-5-14-13(17)11-15(21-14)16(20)18-12-6-9-19(8-4-2)10-7-12/h11-12H,3-10H2,1-2H3,(H,18,20). The number of rotatable bonds is 6. The van der Waals surface area contributed by atoms with Crippen LogP contribution in [-0.4, -0.2) is 36.5 Å². The van der Waals surface area contributed by atoms with Crippen molar-refractivity contribution in [3.05, 3.63) is 20.3 Å². The molecule has 0 radical (unpaired) electrons. The van der Waals surface area contributed by atoms with Gasteiger partial charge in [0.15, 0.2) is 0 Å². The molecular formula is C16H25BrN2OS. The molecule has 1 aliphatic heterocycles. The number of nitrogens with one attached hydrogen (secondary N) is 1. The van der Waals surface area contributed by atoms with Crippen LogP contribution in [-0.2, 0) is 6.42 Å². The Morgan fingerprint density at radius 1 is 1.38 bits per heavy atom. The van der Waals surface area contributed by atoms with E-state index in [4.69, 9.17) is 0 Å². The lowest BCUT2D eigenvalue weighted by Crippen LogP contribution is -2.44. The van der Waals surface area contributed by atoms with E-state index in [0.717, 1.165) is 48.1 Å². The second-order valence-corrected chi connectivity index (χ2v) is 7.71. The van der Waals surface area contributed by atoms with Crippen molar-refractivity contribution in [2.24, 2.45) is 0 Å². The zero-order valence-electron chi connectivity index (χ0n) is 13.0. The fourth-order valence-corrected chi connectivity index (χ4v) is 4.67. The fourth-order valence-electron chi connectivity index (χ4n) is 2.79. The molecule has 3 nitrogen and oxygen atoms in total. The molecule has 21 heavy (non-hydrogen) atoms. The van der Waals surface area contributed by atoms with E-state index in [9.17, 15) is 4.79 Å². The van der Waals surface area contributed by atoms with Crippen molar-refractivity contribution in [3.8, 4) is 0 Å². The largest absolute Gasteiger partial charge is 0.349 e. The van der Waals surface area contributed by atoms with Crippen LogP contribution in [0.3, 0.4) is 0 Å². The number of aryl methyl sites for hydroxylation is 1. The van der Waals surface area contributed by atoms with Gasteiger partial charge in [-0.1, -0.05) is 20.3 Å². The quantitative estimate of drug-likeness (QED) is 0.815. The molecule has 2 rings (SSSR count). The molecule has 0 bridgehead atoms. The highest BCUT2D eigenvalue weighted by Gasteiger charge is 2.21. The van der Waals surface area contributed by atoms with Crippen molar-refractivity contribution in [1.29, 1.82) is 0 Å². The number of halogens is 1. The van der Waals surface area contributed by atoms with E-state index in [0.29, 0.717) is 6.04 Å². The molecule has 0 aliphatic carbocycles. The summed E-state index contributed by atoms with van der Waals surface area (Å²) in [6.07, 6.45) is 5.49. The molecular weight excluding hydrogens is 348 g/mol. The Labute approximate surface area is 140 Å². The van der Waals surface area contributed by atoms with Crippen molar-refractivity contribution in [1.82, 2.24) is 10.2 Å². The number of hydrogen-bond acceptors (Lipinski definition) is 3. The lowest BCUT2D eigenvalue weighted by Gasteiger charge is -2.31. The third-order valence-electron chi connectivity index (χ3n) is 3.92. The average Bonchev–Trinajstić information content (AvgIpc) is 2.83. The maximum Gasteiger partial charge on any atom is 0.261 e. The third kappa shape index (κ3) is 4.80. The zero-order valence-corrected chi connectivity index (χ0v) is 15.4. The van der Waals surface area contributed by atoms with Crippen molar-refractivity contribution in [3.63, 3.8) is 0 Å². The molecule has 1 aromatic rings. The lowest BCUT2D eigenvalue weighted by atomic mass is 10.0. The van der Waals surface area contributed by atoms with Gasteiger partial charge >= 0.3 is 0 Å². The number of hydrogen-bond donors (Lipinski definition) is 1. The van der Waals surface area contributed by atoms with Crippen LogP contribution in [0, 0.1) is 0 Å². The SMILES string of the molecule is CCCc1sc(C(=O)NC2CCN(CCC)CC2)cc1Br. The molecule has 1 aliphatic rings. The van der Waals surface area contributed by atoms with E-state index in [2.05, 4.69) is 40.0 Å². The van der Waals surface area contributed by atoms with Gasteiger partial charge in [0, 0.05) is 28.5 Å². The normalized spacial score (nSPS) is 17.1. The van der Waals surface area contributed by atoms with Crippen LogP contribution in [0.4, 0.5) is 0 Å². The van der Waals surface area contributed by atoms with Crippen LogP contribution in [0.5, 0.6) is 0 Å². The summed E-state index contributed by atoms with van der Waals surface area (Å²) in [4.78, 5) is 17.0. The molecule has 1 amide bonds. The van der Waals surface area contributed by atoms with Crippen LogP contribution in [0.1, 0.15) is 54.1 Å². The van der Waals surface area contributed by atoms with Crippen molar-refractivity contribution in [2.75, 3.05) is 19.6 Å². The summed E-state index contributed by atoms with van der Waals surface area (Å²) >= 11 is 5.18. The summed E-state index contributed by atoms with van der Waals surface area (Å²) in [5.74, 6) is 0.0944. The highest BCUT2D eigenvalue weighted by atomic mass is 79.9. The van der Waals surface area contributed by atoms with Gasteiger partial charge in [0.1, 0.15) is 0 Å². The highest BCUT2D eigenvalue weighted by Crippen LogP contribution is 2.28. The summed E-state index contributed by atoms with van der Waals surface area (Å²) < 4.78 is 1.08. The first-order valence-electron chi connectivity index (χ1n) is 7.95. The lowest BCUT2D eigenvalue weighted by molar-refractivity contribution is 0.0915. The van der Waals surface area contributed by atoms with E-state index in [1.807, 2.05) is 6.07 Å². The van der Waals surface area contributed by atoms with Crippen LogP contribution in [0.25, 0.3) is 0 Å². The highest BCUT2D eigenvalue weighted by molar-refractivity contribution is 9.10. The number of carbonyl (C=O) groups is 1. The summed E-state index contributed by atoms with van der Waals surface area (Å²) in [6, 6.07) is 2.30. The topological polar surface area (TPSA) is 32.3 Å². The second kappa shape index (κ2) is 8.30. The molecule has 1 N–H and O–H groups in total. The first kappa shape index (κ1) is 17.0. The number of nitrogens with zero attached hydrogens (tertiary/aromatic N) is 1. The van der Waals surface area contributed by atoms with Crippen molar-refractivity contribution < 1.29 is 4.79 Å². The van der Waals surface area contributed by atoms with Gasteiger partial charge in [-0.25, -0.2) is 0 Å². The monoisotopic (exact) mass is 372 g/mol. The molecule has 1 saturated heterocycles. The average molecular weight is 373 g/mol. The molecule has 1 aromatic heterocycles. The van der Waals surface area contributed by atoms with Gasteiger partial charge in [0.25, 0.3) is 5.91 Å². The van der Waals surface area contributed by atoms with Crippen LogP contribution in [0.15, 0.2) is 10.5 Å². The fraction of sp³-hybridized carbons (Fsp3) is 0.688. The molecule has 0 spiro atoms. The molecule has 0 unspecified atom stereocenters. The van der Waals surface area contributed by atoms with E-state index in [-0.39, 0.29) is 5.91 Å². The van der Waals surface area contributed by atoms with Crippen LogP contribution in [0.2, 0.25) is 0 Å². The third-order valence-corrected chi connectivity index (χ3v) is 6.08. The number of likely N-dealkylation sites (tertiary alicyclic amines) is 1. The Bertz CT molecular complexity index is 467. The second-order valence-electron chi connectivity index (χ2n) is 5.72. The van der Waals surface area contributed by atoms with Crippen LogP contribution >= 0.6 is 27.3 Å². The summed E-state index contributed by atoms with van der Waals surface area (Å²) in [7, 11) is 0. The Hall–Kier alpha value is -0.390. The predicted octanol–water partition coefficient (Wildman–Crippen LogP) is 4.07. The van der Waals surface area contributed by atoms with Crippen molar-refractivity contribution in [2.45, 2.75) is 52.0 Å². The van der Waals surface area contributed by atoms with E-state index in [1.54, 1.807) is 11.3 Å². The zero-order chi connectivity index (χ0) is 15.2. The molecule has 0 atom stereocenters. The maximum atomic E-state index is 12.4. The Balaban J connectivity index is 1.86. The molecule has 0 saturated carbocycles. The predicted molar refractivity (Wildman–Crippen MR) is 93.2 cm³/mol. The minimum atomic E-state index is 0.0944. The number of carbonyl (C=O) groups excluding carboxylic acids is 1. The van der Waals surface area contributed by atoms with Gasteiger partial charge in [0.05, 0.1) is 4.88 Å². The summed E-state index contributed by atoms with van der Waals surface area (Å²) in [5, 5.41) is 3.20. The molecule has 118 valence electrons. The van der Waals surface area contributed by atoms with Gasteiger partial charge in [-0.3, -0.25) is 4.79 Å². The Morgan fingerprint density at radius 3 is 2.71 bits per heavy atom. The molecule has 5 heteroatoms. The number of piperidine rings is 1. The van der Waals surface area contributed by atoms with Crippen molar-refractivity contribution >= 4 is 33.2 Å². The Morgan fingerprint density at radius 2 is 2.10 bits per heavy atom. The summed E-state index contributed by atoms with van der Waals surface area (Å²) in [5.41, 5.74) is 0.